The molecule has 31 heavy (non-hydrogen) atoms. The number of carbonyl (C=O) groups excluding carboxylic acids is 1. The van der Waals surface area contributed by atoms with E-state index in [-0.39, 0.29) is 5.91 Å². The van der Waals surface area contributed by atoms with Crippen molar-refractivity contribution in [1.29, 1.82) is 0 Å². The summed E-state index contributed by atoms with van der Waals surface area (Å²) in [6.07, 6.45) is 2.78. The van der Waals surface area contributed by atoms with Crippen molar-refractivity contribution in [3.8, 4) is 0 Å². The molecule has 0 aliphatic heterocycles. The SMILES string of the molecule is O=C(Nc1ncc(Cc2cccc(C(F)(F)F)c2)s1)c1ccc(Cn2ccnc2)cc1. The molecule has 0 bridgehead atoms. The van der Waals surface area contributed by atoms with Crippen LogP contribution < -0.4 is 5.32 Å². The Morgan fingerprint density at radius 3 is 2.61 bits per heavy atom. The zero-order valence-electron chi connectivity index (χ0n) is 16.1. The lowest BCUT2D eigenvalue weighted by molar-refractivity contribution is -0.137. The number of amides is 1. The van der Waals surface area contributed by atoms with E-state index in [0.29, 0.717) is 29.2 Å². The molecule has 0 atom stereocenters. The largest absolute Gasteiger partial charge is 0.416 e. The molecule has 0 saturated heterocycles. The zero-order valence-corrected chi connectivity index (χ0v) is 17.0. The van der Waals surface area contributed by atoms with Gasteiger partial charge in [0.05, 0.1) is 11.9 Å². The van der Waals surface area contributed by atoms with Gasteiger partial charge < -0.3 is 4.57 Å². The average Bonchev–Trinajstić information content (AvgIpc) is 3.40. The van der Waals surface area contributed by atoms with Crippen molar-refractivity contribution in [3.05, 3.63) is 101 Å². The van der Waals surface area contributed by atoms with Gasteiger partial charge in [-0.1, -0.05) is 30.3 Å². The third-order valence-corrected chi connectivity index (χ3v) is 5.46. The van der Waals surface area contributed by atoms with E-state index >= 15 is 0 Å². The molecule has 1 N–H and O–H groups in total. The van der Waals surface area contributed by atoms with Crippen molar-refractivity contribution in [2.75, 3.05) is 5.32 Å². The highest BCUT2D eigenvalue weighted by Gasteiger charge is 2.30. The van der Waals surface area contributed by atoms with Crippen molar-refractivity contribution in [2.24, 2.45) is 0 Å². The molecular weight excluding hydrogens is 425 g/mol. The number of imidazole rings is 1. The standard InChI is InChI=1S/C22H17F3N4OS/c23-22(24,25)18-3-1-2-16(10-18)11-19-12-27-21(31-19)28-20(30)17-6-4-15(5-7-17)13-29-9-8-26-14-29/h1-10,12,14H,11,13H2,(H,27,28,30). The summed E-state index contributed by atoms with van der Waals surface area (Å²) in [5.41, 5.74) is 1.38. The molecular formula is C22H17F3N4OS. The predicted octanol–water partition coefficient (Wildman–Crippen LogP) is 5.25. The molecule has 2 heterocycles. The van der Waals surface area contributed by atoms with Crippen LogP contribution in [0.15, 0.2) is 73.4 Å². The van der Waals surface area contributed by atoms with Crippen LogP contribution in [0.25, 0.3) is 0 Å². The molecule has 5 nitrogen and oxygen atoms in total. The van der Waals surface area contributed by atoms with Crippen LogP contribution in [0.5, 0.6) is 0 Å². The Morgan fingerprint density at radius 1 is 1.10 bits per heavy atom. The van der Waals surface area contributed by atoms with Gasteiger partial charge in [-0.2, -0.15) is 13.2 Å². The zero-order chi connectivity index (χ0) is 21.8. The maximum atomic E-state index is 12.9. The first kappa shape index (κ1) is 20.8. The van der Waals surface area contributed by atoms with Crippen LogP contribution in [-0.2, 0) is 19.1 Å². The number of aromatic nitrogens is 3. The summed E-state index contributed by atoms with van der Waals surface area (Å²) in [7, 11) is 0. The van der Waals surface area contributed by atoms with E-state index in [2.05, 4.69) is 15.3 Å². The van der Waals surface area contributed by atoms with E-state index in [1.807, 2.05) is 22.9 Å². The van der Waals surface area contributed by atoms with Crippen molar-refractivity contribution in [2.45, 2.75) is 19.1 Å². The fourth-order valence-corrected chi connectivity index (χ4v) is 3.87. The number of thiazole rings is 1. The quantitative estimate of drug-likeness (QED) is 0.444. The Kier molecular flexibility index (Phi) is 5.85. The fourth-order valence-electron chi connectivity index (χ4n) is 3.03. The van der Waals surface area contributed by atoms with Crippen molar-refractivity contribution < 1.29 is 18.0 Å². The molecule has 9 heteroatoms. The van der Waals surface area contributed by atoms with E-state index in [1.54, 1.807) is 36.9 Å². The average molecular weight is 442 g/mol. The minimum absolute atomic E-state index is 0.297. The molecule has 4 aromatic rings. The third kappa shape index (κ3) is 5.37. The van der Waals surface area contributed by atoms with Gasteiger partial charge in [-0.05, 0) is 29.3 Å². The van der Waals surface area contributed by atoms with E-state index in [4.69, 9.17) is 0 Å². The highest BCUT2D eigenvalue weighted by Crippen LogP contribution is 2.30. The second-order valence-electron chi connectivity index (χ2n) is 6.89. The summed E-state index contributed by atoms with van der Waals surface area (Å²) >= 11 is 1.24. The Morgan fingerprint density at radius 2 is 1.90 bits per heavy atom. The normalized spacial score (nSPS) is 11.5. The third-order valence-electron chi connectivity index (χ3n) is 4.55. The number of halogens is 3. The van der Waals surface area contributed by atoms with Crippen LogP contribution in [-0.4, -0.2) is 20.4 Å². The fraction of sp³-hybridized carbons (Fsp3) is 0.136. The number of benzene rings is 2. The maximum Gasteiger partial charge on any atom is 0.416 e. The number of hydrogen-bond donors (Lipinski definition) is 1. The first-order valence-corrected chi connectivity index (χ1v) is 10.2. The lowest BCUT2D eigenvalue weighted by Crippen LogP contribution is -2.11. The number of hydrogen-bond acceptors (Lipinski definition) is 4. The van der Waals surface area contributed by atoms with Gasteiger partial charge in [0, 0.05) is 42.0 Å². The molecule has 0 unspecified atom stereocenters. The number of anilines is 1. The monoisotopic (exact) mass is 442 g/mol. The summed E-state index contributed by atoms with van der Waals surface area (Å²) in [6, 6.07) is 12.4. The number of alkyl halides is 3. The summed E-state index contributed by atoms with van der Waals surface area (Å²) in [4.78, 5) is 21.4. The van der Waals surface area contributed by atoms with E-state index in [9.17, 15) is 18.0 Å². The minimum Gasteiger partial charge on any atom is -0.333 e. The second kappa shape index (κ2) is 8.73. The molecule has 0 aliphatic carbocycles. The van der Waals surface area contributed by atoms with Crippen LogP contribution in [0.2, 0.25) is 0 Å². The first-order valence-electron chi connectivity index (χ1n) is 9.34. The topological polar surface area (TPSA) is 59.8 Å². The smallest absolute Gasteiger partial charge is 0.333 e. The maximum absolute atomic E-state index is 12.9. The first-order chi connectivity index (χ1) is 14.9. The molecule has 0 radical (unpaired) electrons. The van der Waals surface area contributed by atoms with Gasteiger partial charge in [0.1, 0.15) is 0 Å². The summed E-state index contributed by atoms with van der Waals surface area (Å²) < 4.78 is 40.5. The van der Waals surface area contributed by atoms with Gasteiger partial charge in [-0.15, -0.1) is 11.3 Å². The summed E-state index contributed by atoms with van der Waals surface area (Å²) in [5.74, 6) is -0.297. The van der Waals surface area contributed by atoms with Crippen LogP contribution in [0, 0.1) is 0 Å². The molecule has 0 fully saturated rings. The lowest BCUT2D eigenvalue weighted by atomic mass is 10.1. The van der Waals surface area contributed by atoms with E-state index in [1.165, 1.54) is 17.4 Å². The van der Waals surface area contributed by atoms with Crippen LogP contribution in [0.3, 0.4) is 0 Å². The van der Waals surface area contributed by atoms with E-state index in [0.717, 1.165) is 22.6 Å². The van der Waals surface area contributed by atoms with Gasteiger partial charge in [0.2, 0.25) is 0 Å². The van der Waals surface area contributed by atoms with Gasteiger partial charge in [-0.25, -0.2) is 9.97 Å². The van der Waals surface area contributed by atoms with Gasteiger partial charge >= 0.3 is 6.18 Å². The lowest BCUT2D eigenvalue weighted by Gasteiger charge is -2.07. The molecule has 2 aromatic heterocycles. The number of nitrogens with one attached hydrogen (secondary N) is 1. The molecule has 1 amide bonds. The molecule has 2 aromatic carbocycles. The molecule has 0 aliphatic rings. The summed E-state index contributed by atoms with van der Waals surface area (Å²) in [5, 5.41) is 3.14. The Hall–Kier alpha value is -3.46. The number of nitrogens with zero attached hydrogens (tertiary/aromatic N) is 3. The van der Waals surface area contributed by atoms with Crippen LogP contribution in [0.1, 0.15) is 31.9 Å². The molecule has 4 rings (SSSR count). The Balaban J connectivity index is 1.38. The van der Waals surface area contributed by atoms with Gasteiger partial charge in [0.15, 0.2) is 5.13 Å². The minimum atomic E-state index is -4.38. The molecule has 0 saturated carbocycles. The van der Waals surface area contributed by atoms with Gasteiger partial charge in [-0.3, -0.25) is 10.1 Å². The second-order valence-corrected chi connectivity index (χ2v) is 8.01. The molecule has 158 valence electrons. The van der Waals surface area contributed by atoms with Crippen LogP contribution >= 0.6 is 11.3 Å². The Labute approximate surface area is 180 Å². The predicted molar refractivity (Wildman–Crippen MR) is 112 cm³/mol. The van der Waals surface area contributed by atoms with Crippen molar-refractivity contribution in [1.82, 2.24) is 14.5 Å². The highest BCUT2D eigenvalue weighted by molar-refractivity contribution is 7.15. The van der Waals surface area contributed by atoms with E-state index < -0.39 is 11.7 Å². The highest BCUT2D eigenvalue weighted by atomic mass is 32.1. The summed E-state index contributed by atoms with van der Waals surface area (Å²) in [6.45, 7) is 0.660. The Bertz CT molecular complexity index is 1170. The molecule has 0 spiro atoms. The van der Waals surface area contributed by atoms with Gasteiger partial charge in [0.25, 0.3) is 5.91 Å². The van der Waals surface area contributed by atoms with Crippen molar-refractivity contribution >= 4 is 22.4 Å². The van der Waals surface area contributed by atoms with Crippen LogP contribution in [0.4, 0.5) is 18.3 Å². The number of carbonyl (C=O) groups is 1. The number of rotatable bonds is 6. The van der Waals surface area contributed by atoms with Crippen molar-refractivity contribution in [3.63, 3.8) is 0 Å².